The van der Waals surface area contributed by atoms with Gasteiger partial charge in [0, 0.05) is 18.2 Å². The second-order valence-corrected chi connectivity index (χ2v) is 8.59. The van der Waals surface area contributed by atoms with Crippen molar-refractivity contribution in [2.45, 2.75) is 30.2 Å². The van der Waals surface area contributed by atoms with Crippen LogP contribution in [0, 0.1) is 5.92 Å². The lowest BCUT2D eigenvalue weighted by Crippen LogP contribution is -2.32. The number of para-hydroxylation sites is 2. The summed E-state index contributed by atoms with van der Waals surface area (Å²) in [6.45, 7) is 1.04. The Morgan fingerprint density at radius 1 is 1.08 bits per heavy atom. The minimum atomic E-state index is -3.77. The Morgan fingerprint density at radius 3 is 2.42 bits per heavy atom. The molecule has 4 rings (SSSR count). The van der Waals surface area contributed by atoms with Gasteiger partial charge in [-0.3, -0.25) is 4.79 Å². The number of hydrogen-bond donors (Lipinski definition) is 2. The Balaban J connectivity index is 1.55. The Kier molecular flexibility index (Phi) is 4.20. The van der Waals surface area contributed by atoms with E-state index in [-0.39, 0.29) is 10.8 Å². The first kappa shape index (κ1) is 17.1. The molecule has 0 spiro atoms. The molecule has 2 atom stereocenters. The van der Waals surface area contributed by atoms with Gasteiger partial charge in [-0.1, -0.05) is 12.1 Å². The normalized spacial score (nSPS) is 21.8. The first-order valence-corrected chi connectivity index (χ1v) is 10.3. The minimum Gasteiger partial charge on any atom is -0.367 e. The molecule has 0 radical (unpaired) electrons. The average Bonchev–Trinajstić information content (AvgIpc) is 3.25. The molecule has 3 N–H and O–H groups in total. The molecule has 1 amide bonds. The molecular weight excluding hydrogens is 350 g/mol. The van der Waals surface area contributed by atoms with Crippen molar-refractivity contribution < 1.29 is 13.2 Å². The van der Waals surface area contributed by atoms with E-state index in [1.165, 1.54) is 43.5 Å². The minimum absolute atomic E-state index is 0.0115. The summed E-state index contributed by atoms with van der Waals surface area (Å²) < 4.78 is 22.7. The molecule has 136 valence electrons. The van der Waals surface area contributed by atoms with Crippen molar-refractivity contribution in [3.63, 3.8) is 0 Å². The highest BCUT2D eigenvalue weighted by molar-refractivity contribution is 7.89. The van der Waals surface area contributed by atoms with Crippen LogP contribution in [0.5, 0.6) is 0 Å². The molecule has 1 heterocycles. The predicted octanol–water partition coefficient (Wildman–Crippen LogP) is 2.58. The van der Waals surface area contributed by atoms with Crippen LogP contribution in [0.4, 0.5) is 11.4 Å². The number of rotatable bonds is 4. The highest BCUT2D eigenvalue weighted by atomic mass is 32.2. The number of benzene rings is 2. The number of primary sulfonamides is 1. The summed E-state index contributed by atoms with van der Waals surface area (Å²) in [7, 11) is -3.77. The van der Waals surface area contributed by atoms with Crippen molar-refractivity contribution in [1.82, 2.24) is 0 Å². The zero-order valence-electron chi connectivity index (χ0n) is 14.3. The van der Waals surface area contributed by atoms with Crippen LogP contribution in [-0.4, -0.2) is 26.9 Å². The molecule has 0 aromatic heterocycles. The number of nitrogens with one attached hydrogen (secondary N) is 1. The molecule has 1 aliphatic carbocycles. The third-order valence-corrected chi connectivity index (χ3v) is 6.25. The molecule has 1 saturated heterocycles. The third-order valence-electron chi connectivity index (χ3n) is 5.32. The lowest BCUT2D eigenvalue weighted by molar-refractivity contribution is 0.102. The fraction of sp³-hybridized carbons (Fsp3) is 0.316. The van der Waals surface area contributed by atoms with Crippen LogP contribution in [0.15, 0.2) is 53.4 Å². The molecule has 1 aliphatic heterocycles. The number of nitrogens with zero attached hydrogens (tertiary/aromatic N) is 1. The van der Waals surface area contributed by atoms with Gasteiger partial charge < -0.3 is 10.2 Å². The number of carbonyl (C=O) groups excluding carboxylic acids is 1. The van der Waals surface area contributed by atoms with Crippen molar-refractivity contribution in [2.24, 2.45) is 11.1 Å². The SMILES string of the molecule is NS(=O)(=O)c1ccc(C(=O)Nc2ccccc2N2CC3CCC2C3)cc1. The topological polar surface area (TPSA) is 92.5 Å². The van der Waals surface area contributed by atoms with Crippen LogP contribution < -0.4 is 15.4 Å². The van der Waals surface area contributed by atoms with Gasteiger partial charge in [-0.15, -0.1) is 0 Å². The summed E-state index contributed by atoms with van der Waals surface area (Å²) in [5.41, 5.74) is 2.21. The van der Waals surface area contributed by atoms with E-state index >= 15 is 0 Å². The van der Waals surface area contributed by atoms with Crippen molar-refractivity contribution >= 4 is 27.3 Å². The molecule has 6 nitrogen and oxygen atoms in total. The maximum absolute atomic E-state index is 12.6. The van der Waals surface area contributed by atoms with Gasteiger partial charge in [-0.2, -0.15) is 0 Å². The van der Waals surface area contributed by atoms with E-state index in [4.69, 9.17) is 5.14 Å². The van der Waals surface area contributed by atoms with Crippen LogP contribution in [0.1, 0.15) is 29.6 Å². The fourth-order valence-corrected chi connectivity index (χ4v) is 4.56. The van der Waals surface area contributed by atoms with Gasteiger partial charge in [0.25, 0.3) is 5.91 Å². The summed E-state index contributed by atoms with van der Waals surface area (Å²) in [6.07, 6.45) is 3.74. The largest absolute Gasteiger partial charge is 0.367 e. The summed E-state index contributed by atoms with van der Waals surface area (Å²) in [5, 5.41) is 8.05. The smallest absolute Gasteiger partial charge is 0.255 e. The van der Waals surface area contributed by atoms with Crippen molar-refractivity contribution in [1.29, 1.82) is 0 Å². The molecule has 2 fully saturated rings. The van der Waals surface area contributed by atoms with Gasteiger partial charge in [-0.25, -0.2) is 13.6 Å². The fourth-order valence-electron chi connectivity index (χ4n) is 4.04. The standard InChI is InChI=1S/C19H21N3O3S/c20-26(24,25)16-9-6-14(7-10-16)19(23)21-17-3-1-2-4-18(17)22-12-13-5-8-15(22)11-13/h1-4,6-7,9-10,13,15H,5,8,11-12H2,(H,21,23)(H2,20,24,25). The van der Waals surface area contributed by atoms with E-state index in [0.29, 0.717) is 11.6 Å². The molecule has 2 unspecified atom stereocenters. The van der Waals surface area contributed by atoms with E-state index in [2.05, 4.69) is 10.2 Å². The molecule has 2 aliphatic rings. The van der Waals surface area contributed by atoms with Crippen molar-refractivity contribution in [2.75, 3.05) is 16.8 Å². The third kappa shape index (κ3) is 3.20. The number of amides is 1. The van der Waals surface area contributed by atoms with Gasteiger partial charge >= 0.3 is 0 Å². The van der Waals surface area contributed by atoms with E-state index in [1.807, 2.05) is 24.3 Å². The first-order valence-electron chi connectivity index (χ1n) is 8.72. The van der Waals surface area contributed by atoms with Gasteiger partial charge in [0.15, 0.2) is 0 Å². The average molecular weight is 371 g/mol. The molecule has 26 heavy (non-hydrogen) atoms. The second-order valence-electron chi connectivity index (χ2n) is 7.03. The Labute approximate surface area is 153 Å². The van der Waals surface area contributed by atoms with Crippen molar-refractivity contribution in [3.8, 4) is 0 Å². The van der Waals surface area contributed by atoms with Crippen LogP contribution in [0.3, 0.4) is 0 Å². The van der Waals surface area contributed by atoms with E-state index in [9.17, 15) is 13.2 Å². The van der Waals surface area contributed by atoms with Gasteiger partial charge in [0.1, 0.15) is 0 Å². The summed E-state index contributed by atoms with van der Waals surface area (Å²) in [5.74, 6) is 0.484. The summed E-state index contributed by atoms with van der Waals surface area (Å²) in [4.78, 5) is 15.0. The highest BCUT2D eigenvalue weighted by Crippen LogP contribution is 2.42. The number of anilines is 2. The number of carbonyl (C=O) groups is 1. The predicted molar refractivity (Wildman–Crippen MR) is 101 cm³/mol. The van der Waals surface area contributed by atoms with Gasteiger partial charge in [0.2, 0.25) is 10.0 Å². The molecule has 2 bridgehead atoms. The van der Waals surface area contributed by atoms with Gasteiger partial charge in [-0.05, 0) is 61.6 Å². The van der Waals surface area contributed by atoms with E-state index in [1.54, 1.807) is 0 Å². The summed E-state index contributed by atoms with van der Waals surface area (Å²) in [6, 6.07) is 14.0. The first-order chi connectivity index (χ1) is 12.4. The monoisotopic (exact) mass is 371 g/mol. The Bertz CT molecular complexity index is 941. The van der Waals surface area contributed by atoms with Gasteiger partial charge in [0.05, 0.1) is 16.3 Å². The van der Waals surface area contributed by atoms with E-state index in [0.717, 1.165) is 23.8 Å². The molecule has 7 heteroatoms. The number of sulfonamides is 1. The Morgan fingerprint density at radius 2 is 1.81 bits per heavy atom. The van der Waals surface area contributed by atoms with Crippen molar-refractivity contribution in [3.05, 3.63) is 54.1 Å². The highest BCUT2D eigenvalue weighted by Gasteiger charge is 2.38. The zero-order valence-corrected chi connectivity index (χ0v) is 15.1. The maximum atomic E-state index is 12.6. The van der Waals surface area contributed by atoms with Crippen LogP contribution >= 0.6 is 0 Å². The number of hydrogen-bond acceptors (Lipinski definition) is 4. The quantitative estimate of drug-likeness (QED) is 0.864. The zero-order chi connectivity index (χ0) is 18.3. The lowest BCUT2D eigenvalue weighted by Gasteiger charge is -2.31. The second kappa shape index (κ2) is 6.41. The molecule has 2 aromatic carbocycles. The number of piperidine rings is 1. The molecule has 2 aromatic rings. The maximum Gasteiger partial charge on any atom is 0.255 e. The number of nitrogens with two attached hydrogens (primary N) is 1. The van der Waals surface area contributed by atoms with E-state index < -0.39 is 10.0 Å². The van der Waals surface area contributed by atoms with Crippen LogP contribution in [0.2, 0.25) is 0 Å². The summed E-state index contributed by atoms with van der Waals surface area (Å²) >= 11 is 0. The Hall–Kier alpha value is -2.38. The molecular formula is C19H21N3O3S. The number of fused-ring (bicyclic) bond motifs is 2. The van der Waals surface area contributed by atoms with Crippen LogP contribution in [-0.2, 0) is 10.0 Å². The molecule has 1 saturated carbocycles. The lowest BCUT2D eigenvalue weighted by atomic mass is 10.1. The van der Waals surface area contributed by atoms with Crippen LogP contribution in [0.25, 0.3) is 0 Å².